The number of hydrogen-bond donors (Lipinski definition) is 1. The minimum Gasteiger partial charge on any atom is -0.346 e. The highest BCUT2D eigenvalue weighted by molar-refractivity contribution is 8.00. The Morgan fingerprint density at radius 2 is 1.41 bits per heavy atom. The Hall–Kier alpha value is -6.09. The van der Waals surface area contributed by atoms with Crippen LogP contribution in [0.5, 0.6) is 0 Å². The molecule has 0 radical (unpaired) electrons. The normalized spacial score (nSPS) is 18.4. The second-order valence-corrected chi connectivity index (χ2v) is 19.1. The van der Waals surface area contributed by atoms with Gasteiger partial charge in [0.1, 0.15) is 49.2 Å². The van der Waals surface area contributed by atoms with Crippen molar-refractivity contribution in [2.75, 3.05) is 24.7 Å². The Labute approximate surface area is 375 Å². The second kappa shape index (κ2) is 16.2. The molecule has 322 valence electrons. The number of hydrogen-bond acceptors (Lipinski definition) is 10. The van der Waals surface area contributed by atoms with Gasteiger partial charge in [-0.3, -0.25) is 9.69 Å². The summed E-state index contributed by atoms with van der Waals surface area (Å²) in [7, 11) is 0. The monoisotopic (exact) mass is 894 g/mol. The van der Waals surface area contributed by atoms with Crippen LogP contribution in [0.2, 0.25) is 0 Å². The van der Waals surface area contributed by atoms with Crippen LogP contribution >= 0.6 is 23.1 Å². The minimum atomic E-state index is -1.19. The number of hydroxylamine groups is 1. The number of carbonyl (C=O) groups excluding carboxylic acids is 2. The number of anilines is 1. The quantitative estimate of drug-likeness (QED) is 0.120. The molecule has 1 atom stereocenters. The van der Waals surface area contributed by atoms with Crippen molar-refractivity contribution in [2.45, 2.75) is 66.1 Å². The summed E-state index contributed by atoms with van der Waals surface area (Å²) < 4.78 is 45.1. The lowest BCUT2D eigenvalue weighted by atomic mass is 9.92. The smallest absolute Gasteiger partial charge is 0.346 e. The lowest BCUT2D eigenvalue weighted by molar-refractivity contribution is -0.156. The van der Waals surface area contributed by atoms with Crippen molar-refractivity contribution >= 4 is 51.0 Å². The van der Waals surface area contributed by atoms with Crippen molar-refractivity contribution in [3.63, 3.8) is 0 Å². The van der Waals surface area contributed by atoms with E-state index in [1.54, 1.807) is 30.3 Å². The molecule has 2 saturated carbocycles. The van der Waals surface area contributed by atoms with Crippen LogP contribution in [0.1, 0.15) is 70.3 Å². The number of thiazole rings is 1. The summed E-state index contributed by atoms with van der Waals surface area (Å²) >= 11 is 2.59. The molecule has 0 bridgehead atoms. The van der Waals surface area contributed by atoms with Crippen LogP contribution in [0.4, 0.5) is 18.9 Å². The van der Waals surface area contributed by atoms with E-state index in [1.165, 1.54) is 45.9 Å². The van der Waals surface area contributed by atoms with Gasteiger partial charge in [0.15, 0.2) is 0 Å². The van der Waals surface area contributed by atoms with Gasteiger partial charge < -0.3 is 10.2 Å². The van der Waals surface area contributed by atoms with Crippen LogP contribution in [0.25, 0.3) is 20.9 Å². The molecule has 11 rings (SSSR count). The average Bonchev–Trinajstić information content (AvgIpc) is 4.22. The summed E-state index contributed by atoms with van der Waals surface area (Å²) in [6, 6.07) is 37.9. The Balaban J connectivity index is 0.769. The molecule has 1 saturated heterocycles. The Morgan fingerprint density at radius 1 is 0.750 bits per heavy atom. The van der Waals surface area contributed by atoms with Gasteiger partial charge in [-0.1, -0.05) is 102 Å². The molecule has 5 heterocycles. The Bertz CT molecular complexity index is 2940. The number of halogens is 3. The van der Waals surface area contributed by atoms with Crippen molar-refractivity contribution < 1.29 is 27.6 Å². The van der Waals surface area contributed by atoms with Gasteiger partial charge in [-0.2, -0.15) is 5.06 Å². The van der Waals surface area contributed by atoms with Crippen LogP contribution in [0.15, 0.2) is 126 Å². The van der Waals surface area contributed by atoms with Gasteiger partial charge in [-0.05, 0) is 96.8 Å². The topological polar surface area (TPSA) is 101 Å². The maximum absolute atomic E-state index is 16.0. The average molecular weight is 895 g/mol. The van der Waals surface area contributed by atoms with Crippen LogP contribution in [0.3, 0.4) is 0 Å². The highest BCUT2D eigenvalue weighted by Crippen LogP contribution is 2.57. The van der Waals surface area contributed by atoms with Crippen molar-refractivity contribution in [2.24, 2.45) is 0 Å². The standard InChI is InChI=1S/C50H41F3N6O3S2/c51-34-28-58(29-34)27-31-12-14-36(38(53)26-31)47-59(40-16-18-42(57-46(40)64-47)50(22-23-50)33-9-5-2-6-10-33)62-48(61)43(60)54-24-19-30-11-13-35(37(52)25-30)44-55-39-15-17-41(56-45(39)63-44)49(20-21-49)32-7-3-1-4-8-32/h1-18,25-26,34,47H,19-24,27-29H2,(H,54,60). The van der Waals surface area contributed by atoms with Gasteiger partial charge in [-0.25, -0.2) is 32.9 Å². The predicted molar refractivity (Wildman–Crippen MR) is 240 cm³/mol. The summed E-state index contributed by atoms with van der Waals surface area (Å²) in [5.74, 6) is -3.17. The molecule has 4 aliphatic rings. The summed E-state index contributed by atoms with van der Waals surface area (Å²) in [6.45, 7) is 1.06. The number of nitrogens with zero attached hydrogens (tertiary/aromatic N) is 5. The highest BCUT2D eigenvalue weighted by atomic mass is 32.2. The molecule has 9 nitrogen and oxygen atoms in total. The fourth-order valence-electron chi connectivity index (χ4n) is 9.04. The third-order valence-electron chi connectivity index (χ3n) is 12.9. The summed E-state index contributed by atoms with van der Waals surface area (Å²) in [6.07, 6.45) is 3.29. The van der Waals surface area contributed by atoms with Crippen LogP contribution in [-0.2, 0) is 38.2 Å². The van der Waals surface area contributed by atoms with Gasteiger partial charge in [-0.15, -0.1) is 0 Å². The molecule has 2 aliphatic carbocycles. The van der Waals surface area contributed by atoms with E-state index in [9.17, 15) is 14.0 Å². The van der Waals surface area contributed by atoms with Crippen molar-refractivity contribution in [1.29, 1.82) is 0 Å². The van der Waals surface area contributed by atoms with E-state index in [0.717, 1.165) is 47.5 Å². The fraction of sp³-hybridized carbons (Fsp3) is 0.260. The van der Waals surface area contributed by atoms with E-state index in [2.05, 4.69) is 29.6 Å². The molecular formula is C50H41F3N6O3S2. The SMILES string of the molecule is O=C(NCCc1ccc(-c2nc3ccc(C4(c5ccccc5)CC4)nc3s2)c(F)c1)C(=O)ON1c2ccc(C3(c4ccccc4)CC3)nc2SC1c1ccc(CN2CC(F)C2)cc1F. The molecule has 7 aromatic rings. The zero-order valence-corrected chi connectivity index (χ0v) is 36.1. The zero-order chi connectivity index (χ0) is 43.6. The third kappa shape index (κ3) is 7.50. The predicted octanol–water partition coefficient (Wildman–Crippen LogP) is 9.77. The number of aromatic nitrogens is 3. The zero-order valence-electron chi connectivity index (χ0n) is 34.5. The van der Waals surface area contributed by atoms with Gasteiger partial charge in [0.25, 0.3) is 0 Å². The molecule has 1 amide bonds. The first-order valence-electron chi connectivity index (χ1n) is 21.5. The number of alkyl halides is 1. The first-order valence-corrected chi connectivity index (χ1v) is 23.2. The molecule has 64 heavy (non-hydrogen) atoms. The largest absolute Gasteiger partial charge is 0.421 e. The van der Waals surface area contributed by atoms with Crippen LogP contribution in [-0.4, -0.2) is 57.5 Å². The fourth-order valence-corrected chi connectivity index (χ4v) is 11.2. The number of carbonyl (C=O) groups is 2. The van der Waals surface area contributed by atoms with Crippen molar-refractivity contribution in [3.8, 4) is 10.6 Å². The van der Waals surface area contributed by atoms with E-state index in [1.807, 2.05) is 59.5 Å². The van der Waals surface area contributed by atoms with E-state index in [4.69, 9.17) is 19.8 Å². The summed E-state index contributed by atoms with van der Waals surface area (Å²) in [5.41, 5.74) is 7.00. The molecule has 3 aromatic heterocycles. The number of nitrogens with one attached hydrogen (secondary N) is 1. The lowest BCUT2D eigenvalue weighted by Gasteiger charge is -2.34. The summed E-state index contributed by atoms with van der Waals surface area (Å²) in [5, 5.41) is 4.04. The molecular weight excluding hydrogens is 854 g/mol. The Morgan fingerprint density at radius 3 is 2.06 bits per heavy atom. The maximum atomic E-state index is 16.0. The van der Waals surface area contributed by atoms with Gasteiger partial charge >= 0.3 is 11.9 Å². The minimum absolute atomic E-state index is 0.0290. The number of fused-ring (bicyclic) bond motifs is 2. The molecule has 0 spiro atoms. The molecule has 4 aromatic carbocycles. The molecule has 14 heteroatoms. The number of thioether (sulfide) groups is 1. The first-order chi connectivity index (χ1) is 31.2. The maximum Gasteiger partial charge on any atom is 0.421 e. The number of pyridine rings is 2. The number of benzene rings is 4. The number of rotatable bonds is 12. The first kappa shape index (κ1) is 40.7. The highest BCUT2D eigenvalue weighted by Gasteiger charge is 2.49. The molecule has 2 aliphatic heterocycles. The van der Waals surface area contributed by atoms with Gasteiger partial charge in [0, 0.05) is 48.1 Å². The van der Waals surface area contributed by atoms with Crippen molar-refractivity contribution in [3.05, 3.63) is 172 Å². The molecule has 3 fully saturated rings. The van der Waals surface area contributed by atoms with E-state index in [-0.39, 0.29) is 29.4 Å². The Kier molecular flexibility index (Phi) is 10.3. The van der Waals surface area contributed by atoms with Crippen molar-refractivity contribution in [1.82, 2.24) is 25.2 Å². The van der Waals surface area contributed by atoms with Gasteiger partial charge in [0.2, 0.25) is 0 Å². The summed E-state index contributed by atoms with van der Waals surface area (Å²) in [4.78, 5) is 49.8. The number of amides is 1. The van der Waals surface area contributed by atoms with Gasteiger partial charge in [0.05, 0.1) is 11.4 Å². The van der Waals surface area contributed by atoms with Crippen LogP contribution < -0.4 is 10.4 Å². The van der Waals surface area contributed by atoms with E-state index in [0.29, 0.717) is 57.6 Å². The second-order valence-electron chi connectivity index (χ2n) is 17.1. The van der Waals surface area contributed by atoms with E-state index < -0.39 is 35.1 Å². The lowest BCUT2D eigenvalue weighted by Crippen LogP contribution is -2.47. The number of likely N-dealkylation sites (tertiary alicyclic amines) is 1. The van der Waals surface area contributed by atoms with E-state index >= 15 is 8.78 Å². The molecule has 1 unspecified atom stereocenters. The van der Waals surface area contributed by atoms with Crippen LogP contribution in [0, 0.1) is 11.6 Å². The molecule has 1 N–H and O–H groups in total. The third-order valence-corrected chi connectivity index (χ3v) is 15.1.